The number of benzene rings is 2. The minimum atomic E-state index is -0.952. The molecule has 0 radical (unpaired) electrons. The average molecular weight is 341 g/mol. The molecule has 0 fully saturated rings. The van der Waals surface area contributed by atoms with Crippen LogP contribution in [0.5, 0.6) is 5.75 Å². The molecule has 0 spiro atoms. The van der Waals surface area contributed by atoms with Crippen LogP contribution >= 0.6 is 0 Å². The van der Waals surface area contributed by atoms with Gasteiger partial charge >= 0.3 is 0 Å². The predicted molar refractivity (Wildman–Crippen MR) is 97.0 cm³/mol. The van der Waals surface area contributed by atoms with E-state index in [1.54, 1.807) is 6.07 Å². The van der Waals surface area contributed by atoms with Crippen LogP contribution in [0, 0.1) is 0 Å². The number of fused-ring (bicyclic) bond motifs is 1. The van der Waals surface area contributed by atoms with Crippen molar-refractivity contribution in [2.24, 2.45) is 0 Å². The number of ether oxygens (including phenoxy) is 1. The molecule has 3 rings (SSSR count). The van der Waals surface area contributed by atoms with Crippen molar-refractivity contribution in [3.63, 3.8) is 0 Å². The van der Waals surface area contributed by atoms with Crippen molar-refractivity contribution in [3.05, 3.63) is 71.0 Å². The van der Waals surface area contributed by atoms with Gasteiger partial charge in [0.1, 0.15) is 5.75 Å². The lowest BCUT2D eigenvalue weighted by Gasteiger charge is -2.09. The summed E-state index contributed by atoms with van der Waals surface area (Å²) in [6, 6.07) is 18.4. The van der Waals surface area contributed by atoms with Crippen LogP contribution in [0.1, 0.15) is 12.8 Å². The second kappa shape index (κ2) is 7.93. The third-order valence-corrected chi connectivity index (χ3v) is 5.17. The van der Waals surface area contributed by atoms with Crippen molar-refractivity contribution < 1.29 is 8.95 Å². The molecule has 0 amide bonds. The number of hydrogen-bond acceptors (Lipinski definition) is 3. The van der Waals surface area contributed by atoms with Crippen LogP contribution in [0.15, 0.2) is 70.4 Å². The van der Waals surface area contributed by atoms with Gasteiger partial charge in [-0.05, 0) is 43.2 Å². The Bertz CT molecular complexity index is 890. The van der Waals surface area contributed by atoms with E-state index in [9.17, 15) is 9.00 Å². The van der Waals surface area contributed by atoms with E-state index in [1.807, 2.05) is 48.5 Å². The van der Waals surface area contributed by atoms with Crippen LogP contribution in [0.25, 0.3) is 10.9 Å². The largest absolute Gasteiger partial charge is 0.493 e. The Hall–Kier alpha value is -2.40. The topological polar surface area (TPSA) is 59.2 Å². The first kappa shape index (κ1) is 16.5. The molecule has 0 bridgehead atoms. The molecular formula is C19H19NO3S. The van der Waals surface area contributed by atoms with E-state index in [0.717, 1.165) is 34.4 Å². The second-order valence-electron chi connectivity index (χ2n) is 5.46. The maximum Gasteiger partial charge on any atom is 0.248 e. The number of unbranched alkanes of at least 4 members (excludes halogenated alkanes) is 1. The normalized spacial score (nSPS) is 12.2. The molecule has 2 aromatic carbocycles. The highest BCUT2D eigenvalue weighted by Crippen LogP contribution is 2.23. The van der Waals surface area contributed by atoms with Gasteiger partial charge in [0.05, 0.1) is 22.9 Å². The molecule has 124 valence electrons. The first-order chi connectivity index (χ1) is 11.7. The van der Waals surface area contributed by atoms with Gasteiger partial charge in [-0.15, -0.1) is 0 Å². The van der Waals surface area contributed by atoms with E-state index < -0.39 is 10.8 Å². The molecule has 1 unspecified atom stereocenters. The minimum Gasteiger partial charge on any atom is -0.493 e. The van der Waals surface area contributed by atoms with E-state index >= 15 is 0 Å². The minimum absolute atomic E-state index is 0.122. The van der Waals surface area contributed by atoms with Gasteiger partial charge in [0.2, 0.25) is 5.56 Å². The molecule has 0 saturated carbocycles. The third-order valence-electron chi connectivity index (χ3n) is 3.71. The molecule has 5 heteroatoms. The van der Waals surface area contributed by atoms with Gasteiger partial charge in [-0.3, -0.25) is 9.00 Å². The molecule has 0 aliphatic carbocycles. The van der Waals surface area contributed by atoms with E-state index in [-0.39, 0.29) is 5.56 Å². The summed E-state index contributed by atoms with van der Waals surface area (Å²) in [5.41, 5.74) is 0.647. The number of H-pyrrole nitrogens is 1. The molecular weight excluding hydrogens is 322 g/mol. The fourth-order valence-electron chi connectivity index (χ4n) is 2.49. The first-order valence-electron chi connectivity index (χ1n) is 7.92. The Kier molecular flexibility index (Phi) is 5.43. The van der Waals surface area contributed by atoms with Crippen molar-refractivity contribution in [3.8, 4) is 5.75 Å². The number of hydrogen-bond donors (Lipinski definition) is 1. The zero-order chi connectivity index (χ0) is 16.8. The Morgan fingerprint density at radius 3 is 2.58 bits per heavy atom. The van der Waals surface area contributed by atoms with Crippen LogP contribution in [0.2, 0.25) is 0 Å². The van der Waals surface area contributed by atoms with E-state index in [2.05, 4.69) is 4.98 Å². The lowest BCUT2D eigenvalue weighted by molar-refractivity contribution is 0.313. The molecule has 1 N–H and O–H groups in total. The van der Waals surface area contributed by atoms with Crippen LogP contribution in [0.4, 0.5) is 0 Å². The lowest BCUT2D eigenvalue weighted by atomic mass is 10.2. The Morgan fingerprint density at radius 2 is 1.75 bits per heavy atom. The van der Waals surface area contributed by atoms with Crippen LogP contribution in [-0.2, 0) is 10.8 Å². The number of aromatic nitrogens is 1. The number of nitrogens with one attached hydrogen (secondary N) is 1. The molecule has 0 aliphatic rings. The van der Waals surface area contributed by atoms with Crippen molar-refractivity contribution in [1.29, 1.82) is 0 Å². The Morgan fingerprint density at radius 1 is 0.917 bits per heavy atom. The summed E-state index contributed by atoms with van der Waals surface area (Å²) in [7, 11) is -0.952. The smallest absolute Gasteiger partial charge is 0.248 e. The fraction of sp³-hybridized carbons (Fsp3) is 0.211. The first-order valence-corrected chi connectivity index (χ1v) is 9.24. The summed E-state index contributed by atoms with van der Waals surface area (Å²) in [5.74, 6) is 1.39. The van der Waals surface area contributed by atoms with Crippen LogP contribution < -0.4 is 10.3 Å². The van der Waals surface area contributed by atoms with Crippen molar-refractivity contribution in [1.82, 2.24) is 4.98 Å². The van der Waals surface area contributed by atoms with Gasteiger partial charge in [0.15, 0.2) is 0 Å². The zero-order valence-electron chi connectivity index (χ0n) is 13.2. The van der Waals surface area contributed by atoms with Gasteiger partial charge in [-0.1, -0.05) is 24.3 Å². The number of rotatable bonds is 7. The van der Waals surface area contributed by atoms with Crippen molar-refractivity contribution in [2.75, 3.05) is 12.4 Å². The molecule has 1 aromatic heterocycles. The second-order valence-corrected chi connectivity index (χ2v) is 7.03. The summed E-state index contributed by atoms with van der Waals surface area (Å²) in [6.07, 6.45) is 1.67. The van der Waals surface area contributed by atoms with Crippen molar-refractivity contribution in [2.45, 2.75) is 17.7 Å². The Balaban J connectivity index is 1.50. The molecule has 24 heavy (non-hydrogen) atoms. The molecule has 0 saturated heterocycles. The quantitative estimate of drug-likeness (QED) is 0.669. The third kappa shape index (κ3) is 4.11. The Labute approximate surface area is 142 Å². The highest BCUT2D eigenvalue weighted by Gasteiger charge is 2.04. The molecule has 3 aromatic rings. The summed E-state index contributed by atoms with van der Waals surface area (Å²) in [6.45, 7) is 0.560. The average Bonchev–Trinajstić information content (AvgIpc) is 2.61. The van der Waals surface area contributed by atoms with Crippen LogP contribution in [-0.4, -0.2) is 21.6 Å². The van der Waals surface area contributed by atoms with E-state index in [0.29, 0.717) is 12.4 Å². The summed E-state index contributed by atoms with van der Waals surface area (Å²) in [5, 5.41) is 0.893. The number of pyridine rings is 1. The predicted octanol–water partition coefficient (Wildman–Crippen LogP) is 3.49. The highest BCUT2D eigenvalue weighted by atomic mass is 32.2. The standard InChI is InChI=1S/C19H19NO3S/c21-19-12-11-16-17(20-19)9-6-10-18(16)23-13-4-5-14-24(22)15-7-2-1-3-8-15/h1-3,6-12H,4-5,13-14H2,(H,20,21). The SMILES string of the molecule is O=c1ccc2c(OCCCCS(=O)c3ccccc3)cccc2[nH]1. The molecule has 1 heterocycles. The van der Waals surface area contributed by atoms with Crippen molar-refractivity contribution >= 4 is 21.7 Å². The zero-order valence-corrected chi connectivity index (χ0v) is 14.1. The maximum absolute atomic E-state index is 12.1. The van der Waals surface area contributed by atoms with Gasteiger partial charge in [0, 0.05) is 22.1 Å². The molecule has 1 atom stereocenters. The van der Waals surface area contributed by atoms with E-state index in [4.69, 9.17) is 4.74 Å². The number of aromatic amines is 1. The molecule has 0 aliphatic heterocycles. The highest BCUT2D eigenvalue weighted by molar-refractivity contribution is 7.85. The maximum atomic E-state index is 12.1. The van der Waals surface area contributed by atoms with Gasteiger partial charge < -0.3 is 9.72 Å². The van der Waals surface area contributed by atoms with E-state index in [1.165, 1.54) is 6.07 Å². The van der Waals surface area contributed by atoms with Gasteiger partial charge in [-0.25, -0.2) is 0 Å². The van der Waals surface area contributed by atoms with Gasteiger partial charge in [-0.2, -0.15) is 0 Å². The van der Waals surface area contributed by atoms with Gasteiger partial charge in [0.25, 0.3) is 0 Å². The lowest BCUT2D eigenvalue weighted by Crippen LogP contribution is -2.05. The van der Waals surface area contributed by atoms with Crippen LogP contribution in [0.3, 0.4) is 0 Å². The summed E-state index contributed by atoms with van der Waals surface area (Å²) >= 11 is 0. The summed E-state index contributed by atoms with van der Waals surface area (Å²) < 4.78 is 17.9. The monoisotopic (exact) mass is 341 g/mol. The summed E-state index contributed by atoms with van der Waals surface area (Å²) in [4.78, 5) is 15.0. The fourth-order valence-corrected chi connectivity index (χ4v) is 3.65. The molecule has 4 nitrogen and oxygen atoms in total.